The fraction of sp³-hybridized carbons (Fsp3) is 0.357. The molecule has 2 aromatic carbocycles. The molecule has 3 rings (SSSR count). The standard InChI is InChI=1S/C28H32N2O3/c1-7-28(8-2,9-3)30-26(32)20-12-10-11-19(15-20)25(31)17-24-23-16-22(33-6)14-13-21(23)18-27(4,5)29-24/h1,10-17,29H,8-9,18H2,2-6H3,(H,30,32). The van der Waals surface area contributed by atoms with Crippen molar-refractivity contribution in [1.29, 1.82) is 0 Å². The summed E-state index contributed by atoms with van der Waals surface area (Å²) in [5, 5.41) is 6.43. The first-order chi connectivity index (χ1) is 15.7. The molecule has 1 aliphatic heterocycles. The van der Waals surface area contributed by atoms with Gasteiger partial charge in [0.05, 0.1) is 7.11 Å². The van der Waals surface area contributed by atoms with Gasteiger partial charge in [0, 0.05) is 34.0 Å². The number of ketones is 1. The van der Waals surface area contributed by atoms with Crippen molar-refractivity contribution in [2.24, 2.45) is 0 Å². The summed E-state index contributed by atoms with van der Waals surface area (Å²) in [7, 11) is 1.62. The average molecular weight is 445 g/mol. The molecule has 0 saturated carbocycles. The van der Waals surface area contributed by atoms with Crippen molar-refractivity contribution < 1.29 is 14.3 Å². The average Bonchev–Trinajstić information content (AvgIpc) is 2.81. The van der Waals surface area contributed by atoms with Gasteiger partial charge in [-0.15, -0.1) is 6.42 Å². The summed E-state index contributed by atoms with van der Waals surface area (Å²) in [6, 6.07) is 12.6. The number of carbonyl (C=O) groups excluding carboxylic acids is 2. The van der Waals surface area contributed by atoms with E-state index in [1.54, 1.807) is 37.5 Å². The third kappa shape index (κ3) is 5.28. The van der Waals surface area contributed by atoms with Crippen LogP contribution in [-0.2, 0) is 6.42 Å². The molecule has 2 N–H and O–H groups in total. The maximum absolute atomic E-state index is 13.2. The van der Waals surface area contributed by atoms with E-state index in [0.29, 0.717) is 24.0 Å². The number of allylic oxidation sites excluding steroid dienone is 1. The van der Waals surface area contributed by atoms with Crippen molar-refractivity contribution in [1.82, 2.24) is 10.6 Å². The highest BCUT2D eigenvalue weighted by Crippen LogP contribution is 2.32. The fourth-order valence-electron chi connectivity index (χ4n) is 4.14. The molecule has 2 aromatic rings. The van der Waals surface area contributed by atoms with Gasteiger partial charge < -0.3 is 15.4 Å². The summed E-state index contributed by atoms with van der Waals surface area (Å²) in [5.41, 5.74) is 2.78. The van der Waals surface area contributed by atoms with Crippen molar-refractivity contribution in [2.45, 2.75) is 58.0 Å². The Morgan fingerprint density at radius 3 is 2.52 bits per heavy atom. The second-order valence-electron chi connectivity index (χ2n) is 9.10. The van der Waals surface area contributed by atoms with Crippen LogP contribution in [0.3, 0.4) is 0 Å². The molecule has 5 heteroatoms. The molecular weight excluding hydrogens is 412 g/mol. The Bertz CT molecular complexity index is 1130. The van der Waals surface area contributed by atoms with E-state index in [4.69, 9.17) is 11.2 Å². The molecule has 0 aliphatic carbocycles. The van der Waals surface area contributed by atoms with Crippen molar-refractivity contribution in [3.63, 3.8) is 0 Å². The first-order valence-electron chi connectivity index (χ1n) is 11.3. The van der Waals surface area contributed by atoms with E-state index in [9.17, 15) is 9.59 Å². The molecule has 1 amide bonds. The molecular formula is C28H32N2O3. The normalized spacial score (nSPS) is 15.7. The lowest BCUT2D eigenvalue weighted by Crippen LogP contribution is -2.46. The van der Waals surface area contributed by atoms with Crippen molar-refractivity contribution in [3.05, 3.63) is 70.8 Å². The van der Waals surface area contributed by atoms with E-state index >= 15 is 0 Å². The van der Waals surface area contributed by atoms with E-state index in [-0.39, 0.29) is 17.2 Å². The van der Waals surface area contributed by atoms with E-state index in [1.165, 1.54) is 0 Å². The zero-order valence-electron chi connectivity index (χ0n) is 20.0. The summed E-state index contributed by atoms with van der Waals surface area (Å²) in [5.74, 6) is 2.97. The molecule has 1 heterocycles. The second kappa shape index (κ2) is 9.54. The van der Waals surface area contributed by atoms with E-state index in [0.717, 1.165) is 29.0 Å². The minimum atomic E-state index is -0.695. The third-order valence-corrected chi connectivity index (χ3v) is 6.23. The smallest absolute Gasteiger partial charge is 0.252 e. The van der Waals surface area contributed by atoms with Crippen LogP contribution in [0.4, 0.5) is 0 Å². The Labute approximate surface area is 196 Å². The Balaban J connectivity index is 1.93. The number of hydrogen-bond acceptors (Lipinski definition) is 4. The quantitative estimate of drug-likeness (QED) is 0.367. The number of ether oxygens (including phenoxy) is 1. The lowest BCUT2D eigenvalue weighted by molar-refractivity contribution is 0.0916. The van der Waals surface area contributed by atoms with Crippen molar-refractivity contribution in [2.75, 3.05) is 7.11 Å². The number of nitrogens with one attached hydrogen (secondary N) is 2. The highest BCUT2D eigenvalue weighted by Gasteiger charge is 2.29. The van der Waals surface area contributed by atoms with Crippen molar-refractivity contribution >= 4 is 17.4 Å². The SMILES string of the molecule is C#CC(CC)(CC)NC(=O)c1cccc(C(=O)C=C2NC(C)(C)Cc3ccc(OC)cc32)c1. The van der Waals surface area contributed by atoms with Gasteiger partial charge >= 0.3 is 0 Å². The highest BCUT2D eigenvalue weighted by molar-refractivity contribution is 6.10. The molecule has 0 saturated heterocycles. The van der Waals surface area contributed by atoms with Crippen LogP contribution in [0, 0.1) is 12.3 Å². The molecule has 1 aliphatic rings. The second-order valence-corrected chi connectivity index (χ2v) is 9.10. The van der Waals surface area contributed by atoms with Crippen molar-refractivity contribution in [3.8, 4) is 18.1 Å². The van der Waals surface area contributed by atoms with Crippen LogP contribution < -0.4 is 15.4 Å². The molecule has 0 aromatic heterocycles. The molecule has 0 atom stereocenters. The van der Waals surface area contributed by atoms with Gasteiger partial charge in [-0.1, -0.05) is 38.0 Å². The van der Waals surface area contributed by atoms with Gasteiger partial charge in [0.15, 0.2) is 5.78 Å². The van der Waals surface area contributed by atoms with Gasteiger partial charge in [0.25, 0.3) is 5.91 Å². The Morgan fingerprint density at radius 2 is 1.88 bits per heavy atom. The first kappa shape index (κ1) is 24.1. The summed E-state index contributed by atoms with van der Waals surface area (Å²) in [4.78, 5) is 26.1. The van der Waals surface area contributed by atoms with Gasteiger partial charge in [-0.2, -0.15) is 0 Å². The first-order valence-corrected chi connectivity index (χ1v) is 11.3. The zero-order chi connectivity index (χ0) is 24.2. The molecule has 0 bridgehead atoms. The summed E-state index contributed by atoms with van der Waals surface area (Å²) in [6.45, 7) is 8.09. The molecule has 5 nitrogen and oxygen atoms in total. The van der Waals surface area contributed by atoms with Crippen LogP contribution in [-0.4, -0.2) is 29.9 Å². The zero-order valence-corrected chi connectivity index (χ0v) is 20.0. The number of carbonyl (C=O) groups is 2. The predicted octanol–water partition coefficient (Wildman–Crippen LogP) is 4.77. The summed E-state index contributed by atoms with van der Waals surface area (Å²) in [6.07, 6.45) is 9.36. The molecule has 33 heavy (non-hydrogen) atoms. The largest absolute Gasteiger partial charge is 0.497 e. The maximum Gasteiger partial charge on any atom is 0.252 e. The Hall–Kier alpha value is -3.52. The van der Waals surface area contributed by atoms with Crippen LogP contribution >= 0.6 is 0 Å². The minimum Gasteiger partial charge on any atom is -0.497 e. The van der Waals surface area contributed by atoms with Gasteiger partial charge in [-0.25, -0.2) is 0 Å². The minimum absolute atomic E-state index is 0.187. The topological polar surface area (TPSA) is 67.4 Å². The number of amides is 1. The van der Waals surface area contributed by atoms with Gasteiger partial charge in [0.1, 0.15) is 11.3 Å². The number of hydrogen-bond donors (Lipinski definition) is 2. The lowest BCUT2D eigenvalue weighted by Gasteiger charge is -2.35. The molecule has 0 radical (unpaired) electrons. The maximum atomic E-state index is 13.2. The van der Waals surface area contributed by atoms with Crippen LogP contribution in [0.25, 0.3) is 5.70 Å². The van der Waals surface area contributed by atoms with E-state index in [2.05, 4.69) is 30.4 Å². The van der Waals surface area contributed by atoms with Gasteiger partial charge in [0.2, 0.25) is 0 Å². The summed E-state index contributed by atoms with van der Waals surface area (Å²) >= 11 is 0. The monoisotopic (exact) mass is 444 g/mol. The summed E-state index contributed by atoms with van der Waals surface area (Å²) < 4.78 is 5.38. The van der Waals surface area contributed by atoms with Crippen LogP contribution in [0.5, 0.6) is 5.75 Å². The number of benzene rings is 2. The van der Waals surface area contributed by atoms with Gasteiger partial charge in [-0.3, -0.25) is 9.59 Å². The molecule has 0 fully saturated rings. The predicted molar refractivity (Wildman–Crippen MR) is 132 cm³/mol. The van der Waals surface area contributed by atoms with Crippen LogP contribution in [0.2, 0.25) is 0 Å². The number of fused-ring (bicyclic) bond motifs is 1. The third-order valence-electron chi connectivity index (χ3n) is 6.23. The Kier molecular flexibility index (Phi) is 6.98. The van der Waals surface area contributed by atoms with Crippen LogP contribution in [0.15, 0.2) is 48.5 Å². The molecule has 0 spiro atoms. The van der Waals surface area contributed by atoms with E-state index < -0.39 is 5.54 Å². The van der Waals surface area contributed by atoms with E-state index in [1.807, 2.05) is 32.0 Å². The Morgan fingerprint density at radius 1 is 1.18 bits per heavy atom. The molecule has 0 unspecified atom stereocenters. The lowest BCUT2D eigenvalue weighted by atomic mass is 9.85. The number of rotatable bonds is 7. The number of terminal acetylenes is 1. The fourth-order valence-corrected chi connectivity index (χ4v) is 4.14. The van der Waals surface area contributed by atoms with Crippen LogP contribution in [0.1, 0.15) is 72.4 Å². The molecule has 172 valence electrons. The highest BCUT2D eigenvalue weighted by atomic mass is 16.5. The number of methoxy groups -OCH3 is 1. The van der Waals surface area contributed by atoms with Gasteiger partial charge in [-0.05, 0) is 62.9 Å².